The fraction of sp³-hybridized carbons (Fsp3) is 0.586. The average molecular weight is 670 g/mol. The predicted octanol–water partition coefficient (Wildman–Crippen LogP) is 8.63. The quantitative estimate of drug-likeness (QED) is 0.112. The van der Waals surface area contributed by atoms with Crippen molar-refractivity contribution in [2.24, 2.45) is 5.92 Å². The standard InChI is InChI=1S/C29H40F4NO6PS2/c1-7-28(4,41(35,39-8-2)40-9-3)19-38-24-17-26-23(16-25(24)42-6)34(22-12-10-21(30)11-13-22)18-20(14-15-29(5,32)33)27(31)43(26,36)37/h10-13,16-17,20,27H,7-9,14-15,18-19H2,1-6H3/t20-,27+,28-/m1/s1. The molecule has 0 fully saturated rings. The first-order valence-corrected chi connectivity index (χ1v) is 18.4. The molecule has 0 unspecified atom stereocenters. The first kappa shape index (κ1) is 35.7. The lowest BCUT2D eigenvalue weighted by atomic mass is 10.0. The van der Waals surface area contributed by atoms with Crippen molar-refractivity contribution >= 4 is 40.6 Å². The third-order valence-corrected chi connectivity index (χ3v) is 13.2. The van der Waals surface area contributed by atoms with Crippen LogP contribution >= 0.6 is 19.4 Å². The van der Waals surface area contributed by atoms with Crippen LogP contribution < -0.4 is 9.64 Å². The second-order valence-corrected chi connectivity index (χ2v) is 16.2. The highest BCUT2D eigenvalue weighted by molar-refractivity contribution is 7.98. The van der Waals surface area contributed by atoms with Crippen molar-refractivity contribution in [3.63, 3.8) is 0 Å². The number of alkyl halides is 3. The number of hydrogen-bond acceptors (Lipinski definition) is 8. The van der Waals surface area contributed by atoms with Gasteiger partial charge in [0.15, 0.2) is 0 Å². The third-order valence-electron chi connectivity index (χ3n) is 7.58. The van der Waals surface area contributed by atoms with Gasteiger partial charge in [-0.25, -0.2) is 26.0 Å². The van der Waals surface area contributed by atoms with Crippen molar-refractivity contribution in [2.45, 2.75) is 80.3 Å². The van der Waals surface area contributed by atoms with Crippen LogP contribution in [0.1, 0.15) is 53.9 Å². The molecule has 0 saturated carbocycles. The molecule has 2 aromatic carbocycles. The lowest BCUT2D eigenvalue weighted by Gasteiger charge is -2.35. The lowest BCUT2D eigenvalue weighted by molar-refractivity contribution is 0.00529. The number of rotatable bonds is 14. The maximum absolute atomic E-state index is 15.9. The second kappa shape index (κ2) is 14.1. The van der Waals surface area contributed by atoms with E-state index in [-0.39, 0.29) is 42.7 Å². The van der Waals surface area contributed by atoms with Crippen LogP contribution in [-0.2, 0) is 23.4 Å². The summed E-state index contributed by atoms with van der Waals surface area (Å²) in [5.74, 6) is -4.84. The van der Waals surface area contributed by atoms with Gasteiger partial charge >= 0.3 is 7.60 Å². The average Bonchev–Trinajstić information content (AvgIpc) is 3.02. The SMILES string of the molecule is CCOP(=O)(OCC)[C@](C)(CC)COc1cc2c(cc1SC)N(c1ccc(F)cc1)C[C@@H](CCC(C)(F)F)[C@@H](F)S2(=O)=O. The molecule has 43 heavy (non-hydrogen) atoms. The summed E-state index contributed by atoms with van der Waals surface area (Å²) in [6.45, 7) is 7.48. The van der Waals surface area contributed by atoms with Crippen LogP contribution in [0.2, 0.25) is 0 Å². The molecule has 0 amide bonds. The summed E-state index contributed by atoms with van der Waals surface area (Å²) in [5, 5.41) is -1.10. The molecule has 0 saturated heterocycles. The van der Waals surface area contributed by atoms with E-state index in [9.17, 15) is 26.2 Å². The summed E-state index contributed by atoms with van der Waals surface area (Å²) in [6, 6.07) is 7.97. The maximum atomic E-state index is 15.9. The van der Waals surface area contributed by atoms with E-state index in [1.54, 1.807) is 34.0 Å². The minimum atomic E-state index is -4.70. The van der Waals surface area contributed by atoms with E-state index < -0.39 is 58.6 Å². The third kappa shape index (κ3) is 7.90. The molecule has 1 aliphatic rings. The highest BCUT2D eigenvalue weighted by Crippen LogP contribution is 2.61. The highest BCUT2D eigenvalue weighted by Gasteiger charge is 2.47. The van der Waals surface area contributed by atoms with E-state index >= 15 is 4.39 Å². The van der Waals surface area contributed by atoms with Crippen molar-refractivity contribution in [1.29, 1.82) is 0 Å². The molecule has 0 aromatic heterocycles. The Hall–Kier alpha value is -1.79. The Kier molecular flexibility index (Phi) is 11.7. The molecule has 7 nitrogen and oxygen atoms in total. The number of nitrogens with zero attached hydrogens (tertiary/aromatic N) is 1. The normalized spacial score (nSPS) is 20.3. The van der Waals surface area contributed by atoms with Crippen LogP contribution in [0.15, 0.2) is 46.2 Å². The number of hydrogen-bond donors (Lipinski definition) is 0. The summed E-state index contributed by atoms with van der Waals surface area (Å²) in [5.41, 5.74) is -2.00. The van der Waals surface area contributed by atoms with Crippen molar-refractivity contribution < 1.29 is 44.3 Å². The number of anilines is 2. The van der Waals surface area contributed by atoms with Gasteiger partial charge in [0.1, 0.15) is 23.3 Å². The van der Waals surface area contributed by atoms with Crippen molar-refractivity contribution in [3.8, 4) is 5.75 Å². The predicted molar refractivity (Wildman–Crippen MR) is 162 cm³/mol. The van der Waals surface area contributed by atoms with Gasteiger partial charge in [-0.05, 0) is 77.1 Å². The van der Waals surface area contributed by atoms with Crippen molar-refractivity contribution in [2.75, 3.05) is 37.5 Å². The zero-order chi connectivity index (χ0) is 32.2. The Balaban J connectivity index is 2.15. The van der Waals surface area contributed by atoms with Gasteiger partial charge in [-0.1, -0.05) is 6.92 Å². The van der Waals surface area contributed by atoms with Crippen LogP contribution in [0.4, 0.5) is 28.9 Å². The first-order chi connectivity index (χ1) is 20.1. The van der Waals surface area contributed by atoms with E-state index in [0.29, 0.717) is 23.9 Å². The van der Waals surface area contributed by atoms with Crippen LogP contribution in [0.25, 0.3) is 0 Å². The van der Waals surface area contributed by atoms with Gasteiger partial charge in [0.2, 0.25) is 21.3 Å². The molecule has 242 valence electrons. The van der Waals surface area contributed by atoms with E-state index in [4.69, 9.17) is 13.8 Å². The highest BCUT2D eigenvalue weighted by atomic mass is 32.2. The van der Waals surface area contributed by atoms with Gasteiger partial charge in [0.25, 0.3) is 0 Å². The molecule has 1 aliphatic heterocycles. The molecule has 2 aromatic rings. The topological polar surface area (TPSA) is 82.1 Å². The Morgan fingerprint density at radius 1 is 1.07 bits per heavy atom. The maximum Gasteiger partial charge on any atom is 0.339 e. The number of sulfone groups is 1. The van der Waals surface area contributed by atoms with Gasteiger partial charge in [0.05, 0.1) is 28.7 Å². The van der Waals surface area contributed by atoms with Crippen LogP contribution in [0.5, 0.6) is 5.75 Å². The van der Waals surface area contributed by atoms with Crippen molar-refractivity contribution in [3.05, 3.63) is 42.2 Å². The number of benzene rings is 2. The second-order valence-electron chi connectivity index (χ2n) is 10.8. The molecule has 3 atom stereocenters. The number of halogens is 4. The Morgan fingerprint density at radius 2 is 1.67 bits per heavy atom. The molecule has 1 heterocycles. The number of fused-ring (bicyclic) bond motifs is 1. The Bertz CT molecular complexity index is 1400. The van der Waals surface area contributed by atoms with Gasteiger partial charge in [-0.2, -0.15) is 0 Å². The lowest BCUT2D eigenvalue weighted by Crippen LogP contribution is -2.34. The summed E-state index contributed by atoms with van der Waals surface area (Å²) >= 11 is 1.25. The van der Waals surface area contributed by atoms with Gasteiger partial charge in [-0.15, -0.1) is 11.8 Å². The van der Waals surface area contributed by atoms with E-state index in [1.165, 1.54) is 53.1 Å². The molecular weight excluding hydrogens is 629 g/mol. The molecule has 0 radical (unpaired) electrons. The molecule has 14 heteroatoms. The monoisotopic (exact) mass is 669 g/mol. The molecule has 0 bridgehead atoms. The number of thioether (sulfide) groups is 1. The minimum Gasteiger partial charge on any atom is -0.491 e. The van der Waals surface area contributed by atoms with Gasteiger partial charge in [0, 0.05) is 30.6 Å². The smallest absolute Gasteiger partial charge is 0.339 e. The summed E-state index contributed by atoms with van der Waals surface area (Å²) in [6.07, 6.45) is 0.988. The number of ether oxygens (including phenoxy) is 1. The van der Waals surface area contributed by atoms with Gasteiger partial charge < -0.3 is 18.7 Å². The Labute approximate surface area is 256 Å². The van der Waals surface area contributed by atoms with Crippen LogP contribution in [-0.4, -0.2) is 57.6 Å². The van der Waals surface area contributed by atoms with E-state index in [0.717, 1.165) is 0 Å². The van der Waals surface area contributed by atoms with E-state index in [1.807, 2.05) is 0 Å². The molecule has 3 rings (SSSR count). The van der Waals surface area contributed by atoms with Gasteiger partial charge in [-0.3, -0.25) is 4.57 Å². The molecular formula is C29H40F4NO6PS2. The molecule has 0 N–H and O–H groups in total. The molecule has 0 spiro atoms. The summed E-state index contributed by atoms with van der Waals surface area (Å²) < 4.78 is 116. The Morgan fingerprint density at radius 3 is 2.19 bits per heavy atom. The zero-order valence-corrected chi connectivity index (χ0v) is 27.8. The van der Waals surface area contributed by atoms with Crippen LogP contribution in [0, 0.1) is 11.7 Å². The fourth-order valence-corrected chi connectivity index (χ4v) is 9.10. The van der Waals surface area contributed by atoms with Crippen molar-refractivity contribution in [1.82, 2.24) is 0 Å². The largest absolute Gasteiger partial charge is 0.491 e. The zero-order valence-electron chi connectivity index (χ0n) is 25.2. The summed E-state index contributed by atoms with van der Waals surface area (Å²) in [7, 11) is -8.36. The summed E-state index contributed by atoms with van der Waals surface area (Å²) in [4.78, 5) is 1.62. The first-order valence-electron chi connectivity index (χ1n) is 14.1. The van der Waals surface area contributed by atoms with E-state index in [2.05, 4.69) is 0 Å². The van der Waals surface area contributed by atoms with Crippen LogP contribution in [0.3, 0.4) is 0 Å². The minimum absolute atomic E-state index is 0.110. The fourth-order valence-electron chi connectivity index (χ4n) is 4.86. The molecule has 0 aliphatic carbocycles.